The number of aromatic nitrogens is 3. The summed E-state index contributed by atoms with van der Waals surface area (Å²) in [6.07, 6.45) is 0. The molecule has 0 saturated heterocycles. The molecule has 0 aliphatic heterocycles. The second kappa shape index (κ2) is 6.67. The van der Waals surface area contributed by atoms with Crippen LogP contribution in [0.25, 0.3) is 0 Å². The molecule has 7 heteroatoms. The molecule has 3 N–H and O–H groups in total. The molecule has 0 unspecified atom stereocenters. The van der Waals surface area contributed by atoms with Crippen molar-refractivity contribution in [2.75, 3.05) is 26.0 Å². The van der Waals surface area contributed by atoms with Gasteiger partial charge in [-0.2, -0.15) is 0 Å². The quantitative estimate of drug-likeness (QED) is 0.739. The Morgan fingerprint density at radius 1 is 1.40 bits per heavy atom. The number of amides is 1. The van der Waals surface area contributed by atoms with Crippen LogP contribution in [0.3, 0.4) is 0 Å². The van der Waals surface area contributed by atoms with Crippen molar-refractivity contribution in [2.45, 2.75) is 6.54 Å². The highest BCUT2D eigenvalue weighted by molar-refractivity contribution is 5.96. The summed E-state index contributed by atoms with van der Waals surface area (Å²) in [4.78, 5) is 11.8. The van der Waals surface area contributed by atoms with E-state index < -0.39 is 0 Å². The molecule has 0 atom stereocenters. The zero-order valence-corrected chi connectivity index (χ0v) is 11.2. The number of carbonyl (C=O) groups is 1. The van der Waals surface area contributed by atoms with Gasteiger partial charge in [0.15, 0.2) is 11.5 Å². The summed E-state index contributed by atoms with van der Waals surface area (Å²) >= 11 is 0. The first-order valence-corrected chi connectivity index (χ1v) is 6.22. The Kier molecular flexibility index (Phi) is 4.67. The molecule has 2 aromatic rings. The van der Waals surface area contributed by atoms with Crippen LogP contribution in [0.4, 0.5) is 5.82 Å². The molecular formula is C13H17N5O2. The molecule has 1 aromatic heterocycles. The third kappa shape index (κ3) is 3.33. The number of methoxy groups -OCH3 is 1. The number of benzene rings is 1. The second-order valence-electron chi connectivity index (χ2n) is 4.22. The Balaban J connectivity index is 2.05. The lowest BCUT2D eigenvalue weighted by Crippen LogP contribution is -2.28. The number of ether oxygens (including phenoxy) is 1. The molecule has 0 spiro atoms. The van der Waals surface area contributed by atoms with Gasteiger partial charge in [-0.15, -0.1) is 5.10 Å². The van der Waals surface area contributed by atoms with Crippen LogP contribution in [0.1, 0.15) is 16.1 Å². The first-order valence-electron chi connectivity index (χ1n) is 6.22. The van der Waals surface area contributed by atoms with Crippen molar-refractivity contribution in [1.82, 2.24) is 20.3 Å². The number of nitrogen functional groups attached to an aromatic ring is 1. The summed E-state index contributed by atoms with van der Waals surface area (Å²) in [5.74, 6) is -0.0948. The van der Waals surface area contributed by atoms with Crippen molar-refractivity contribution in [2.24, 2.45) is 0 Å². The highest BCUT2D eigenvalue weighted by atomic mass is 16.5. The highest BCUT2D eigenvalue weighted by Gasteiger charge is 2.16. The van der Waals surface area contributed by atoms with E-state index in [1.165, 1.54) is 4.68 Å². The molecule has 106 valence electrons. The molecule has 0 saturated carbocycles. The van der Waals surface area contributed by atoms with E-state index in [0.717, 1.165) is 5.56 Å². The van der Waals surface area contributed by atoms with Gasteiger partial charge < -0.3 is 15.8 Å². The monoisotopic (exact) mass is 275 g/mol. The predicted molar refractivity (Wildman–Crippen MR) is 74.2 cm³/mol. The van der Waals surface area contributed by atoms with Crippen LogP contribution in [0.15, 0.2) is 30.3 Å². The number of carbonyl (C=O) groups excluding carboxylic acids is 1. The first kappa shape index (κ1) is 14.0. The van der Waals surface area contributed by atoms with Gasteiger partial charge in [-0.25, -0.2) is 4.68 Å². The number of rotatable bonds is 6. The topological polar surface area (TPSA) is 95.1 Å². The maximum Gasteiger partial charge on any atom is 0.275 e. The molecule has 1 heterocycles. The maximum absolute atomic E-state index is 11.8. The van der Waals surface area contributed by atoms with Gasteiger partial charge in [-0.1, -0.05) is 35.5 Å². The number of nitrogens with zero attached hydrogens (tertiary/aromatic N) is 3. The molecule has 0 radical (unpaired) electrons. The summed E-state index contributed by atoms with van der Waals surface area (Å²) in [5, 5.41) is 10.4. The Hall–Kier alpha value is -2.41. The first-order chi connectivity index (χ1) is 9.72. The molecule has 0 aliphatic carbocycles. The summed E-state index contributed by atoms with van der Waals surface area (Å²) in [6, 6.07) is 9.71. The third-order valence-electron chi connectivity index (χ3n) is 2.76. The fourth-order valence-electron chi connectivity index (χ4n) is 1.71. The van der Waals surface area contributed by atoms with E-state index in [4.69, 9.17) is 10.5 Å². The van der Waals surface area contributed by atoms with E-state index in [2.05, 4.69) is 15.6 Å². The van der Waals surface area contributed by atoms with Crippen LogP contribution < -0.4 is 11.1 Å². The van der Waals surface area contributed by atoms with Gasteiger partial charge >= 0.3 is 0 Å². The van der Waals surface area contributed by atoms with Crippen molar-refractivity contribution < 1.29 is 9.53 Å². The van der Waals surface area contributed by atoms with Crippen LogP contribution in [0.5, 0.6) is 0 Å². The highest BCUT2D eigenvalue weighted by Crippen LogP contribution is 2.10. The molecule has 0 fully saturated rings. The van der Waals surface area contributed by atoms with Gasteiger partial charge in [0, 0.05) is 13.7 Å². The largest absolute Gasteiger partial charge is 0.383 e. The normalized spacial score (nSPS) is 10.4. The Labute approximate surface area is 116 Å². The van der Waals surface area contributed by atoms with E-state index in [1.807, 2.05) is 30.3 Å². The molecule has 20 heavy (non-hydrogen) atoms. The maximum atomic E-state index is 11.8. The SMILES string of the molecule is COCCNC(=O)c1nnn(Cc2ccccc2)c1N. The van der Waals surface area contributed by atoms with Gasteiger partial charge in [0.05, 0.1) is 13.2 Å². The zero-order chi connectivity index (χ0) is 14.4. The number of anilines is 1. The standard InChI is InChI=1S/C13H17N5O2/c1-20-8-7-15-13(19)11-12(14)18(17-16-11)9-10-5-3-2-4-6-10/h2-6H,7-9,14H2,1H3,(H,15,19). The molecule has 0 bridgehead atoms. The Morgan fingerprint density at radius 3 is 2.85 bits per heavy atom. The summed E-state index contributed by atoms with van der Waals surface area (Å²) in [5.41, 5.74) is 7.08. The van der Waals surface area contributed by atoms with Gasteiger partial charge in [0.2, 0.25) is 0 Å². The molecule has 7 nitrogen and oxygen atoms in total. The van der Waals surface area contributed by atoms with Crippen LogP contribution in [0.2, 0.25) is 0 Å². The van der Waals surface area contributed by atoms with E-state index in [0.29, 0.717) is 19.7 Å². The Bertz CT molecular complexity index is 567. The molecular weight excluding hydrogens is 258 g/mol. The molecule has 1 aromatic carbocycles. The Morgan fingerprint density at radius 2 is 2.15 bits per heavy atom. The smallest absolute Gasteiger partial charge is 0.275 e. The molecule has 2 rings (SSSR count). The van der Waals surface area contributed by atoms with Crippen molar-refractivity contribution in [3.8, 4) is 0 Å². The minimum absolute atomic E-state index is 0.136. The summed E-state index contributed by atoms with van der Waals surface area (Å²) in [7, 11) is 1.57. The van der Waals surface area contributed by atoms with Gasteiger partial charge in [0.1, 0.15) is 0 Å². The predicted octanol–water partition coefficient (Wildman–Crippen LogP) is 0.285. The van der Waals surface area contributed by atoms with E-state index in [-0.39, 0.29) is 17.4 Å². The zero-order valence-electron chi connectivity index (χ0n) is 11.2. The summed E-state index contributed by atoms with van der Waals surface area (Å²) in [6.45, 7) is 1.31. The fourth-order valence-corrected chi connectivity index (χ4v) is 1.71. The number of hydrogen-bond donors (Lipinski definition) is 2. The minimum Gasteiger partial charge on any atom is -0.383 e. The lowest BCUT2D eigenvalue weighted by molar-refractivity contribution is 0.0933. The molecule has 0 aliphatic rings. The van der Waals surface area contributed by atoms with Crippen LogP contribution in [-0.4, -0.2) is 41.2 Å². The third-order valence-corrected chi connectivity index (χ3v) is 2.76. The van der Waals surface area contributed by atoms with Crippen LogP contribution in [-0.2, 0) is 11.3 Å². The van der Waals surface area contributed by atoms with Crippen molar-refractivity contribution in [3.05, 3.63) is 41.6 Å². The lowest BCUT2D eigenvalue weighted by atomic mass is 10.2. The number of hydrogen-bond acceptors (Lipinski definition) is 5. The van der Waals surface area contributed by atoms with Gasteiger partial charge in [0.25, 0.3) is 5.91 Å². The van der Waals surface area contributed by atoms with Crippen molar-refractivity contribution >= 4 is 11.7 Å². The van der Waals surface area contributed by atoms with E-state index >= 15 is 0 Å². The number of nitrogens with one attached hydrogen (secondary N) is 1. The van der Waals surface area contributed by atoms with Crippen LogP contribution in [0, 0.1) is 0 Å². The fraction of sp³-hybridized carbons (Fsp3) is 0.308. The average Bonchev–Trinajstić information content (AvgIpc) is 2.82. The van der Waals surface area contributed by atoms with E-state index in [9.17, 15) is 4.79 Å². The average molecular weight is 275 g/mol. The lowest BCUT2D eigenvalue weighted by Gasteiger charge is -2.04. The summed E-state index contributed by atoms with van der Waals surface area (Å²) < 4.78 is 6.36. The molecule has 1 amide bonds. The van der Waals surface area contributed by atoms with Gasteiger partial charge in [-0.05, 0) is 5.56 Å². The van der Waals surface area contributed by atoms with Crippen molar-refractivity contribution in [1.29, 1.82) is 0 Å². The van der Waals surface area contributed by atoms with E-state index in [1.54, 1.807) is 7.11 Å². The minimum atomic E-state index is -0.348. The van der Waals surface area contributed by atoms with Crippen molar-refractivity contribution in [3.63, 3.8) is 0 Å². The van der Waals surface area contributed by atoms with Crippen LogP contribution >= 0.6 is 0 Å². The van der Waals surface area contributed by atoms with Gasteiger partial charge in [-0.3, -0.25) is 4.79 Å². The second-order valence-corrected chi connectivity index (χ2v) is 4.22. The number of nitrogens with two attached hydrogens (primary N) is 1.